The molecule has 0 bridgehead atoms. The van der Waals surface area contributed by atoms with Gasteiger partial charge in [0.1, 0.15) is 5.75 Å². The third-order valence-corrected chi connectivity index (χ3v) is 2.51. The van der Waals surface area contributed by atoms with Crippen molar-refractivity contribution in [1.82, 2.24) is 0 Å². The summed E-state index contributed by atoms with van der Waals surface area (Å²) in [5, 5.41) is 5.49. The highest BCUT2D eigenvalue weighted by atomic mass is 32.2. The second-order valence-electron chi connectivity index (χ2n) is 2.71. The minimum Gasteiger partial charge on any atom is -0.496 e. The molecule has 66 valence electrons. The van der Waals surface area contributed by atoms with E-state index < -0.39 is 0 Å². The summed E-state index contributed by atoms with van der Waals surface area (Å²) < 4.78 is 5.18. The largest absolute Gasteiger partial charge is 0.496 e. The zero-order valence-corrected chi connectivity index (χ0v) is 8.37. The number of hydrogen-bond donors (Lipinski definition) is 1. The Kier molecular flexibility index (Phi) is 3.00. The van der Waals surface area contributed by atoms with Crippen molar-refractivity contribution in [3.8, 4) is 5.75 Å². The first kappa shape index (κ1) is 9.42. The zero-order valence-electron chi connectivity index (χ0n) is 7.55. The quantitative estimate of drug-likeness (QED) is 0.714. The molecule has 0 heterocycles. The van der Waals surface area contributed by atoms with Crippen molar-refractivity contribution in [1.29, 1.82) is 0 Å². The Hall–Kier alpha value is -0.670. The summed E-state index contributed by atoms with van der Waals surface area (Å²) in [6.45, 7) is 4.04. The molecule has 3 heteroatoms. The molecule has 1 aromatic rings. The number of aryl methyl sites for hydroxylation is 2. The van der Waals surface area contributed by atoms with Crippen LogP contribution in [0.5, 0.6) is 5.75 Å². The Morgan fingerprint density at radius 3 is 2.42 bits per heavy atom. The van der Waals surface area contributed by atoms with Crippen molar-refractivity contribution >= 4 is 11.9 Å². The molecule has 0 aromatic heterocycles. The number of nitrogens with two attached hydrogens (primary N) is 1. The predicted molar refractivity (Wildman–Crippen MR) is 52.5 cm³/mol. The topological polar surface area (TPSA) is 35.2 Å². The van der Waals surface area contributed by atoms with Gasteiger partial charge in [0.05, 0.1) is 7.11 Å². The minimum absolute atomic E-state index is 0.922. The second kappa shape index (κ2) is 3.83. The molecule has 0 spiro atoms. The molecule has 0 atom stereocenters. The van der Waals surface area contributed by atoms with Gasteiger partial charge in [-0.3, -0.25) is 5.14 Å². The van der Waals surface area contributed by atoms with Gasteiger partial charge in [0.15, 0.2) is 0 Å². The predicted octanol–water partition coefficient (Wildman–Crippen LogP) is 2.28. The maximum Gasteiger partial charge on any atom is 0.122 e. The standard InChI is InChI=1S/C9H13NOS/c1-6-5-9(12-10)7(2)4-8(6)11-3/h4-5H,10H2,1-3H3. The highest BCUT2D eigenvalue weighted by Gasteiger charge is 2.03. The maximum atomic E-state index is 5.49. The Labute approximate surface area is 77.2 Å². The first-order valence-corrected chi connectivity index (χ1v) is 4.59. The van der Waals surface area contributed by atoms with Gasteiger partial charge in [-0.25, -0.2) is 0 Å². The first-order chi connectivity index (χ1) is 5.69. The van der Waals surface area contributed by atoms with E-state index in [9.17, 15) is 0 Å². The van der Waals surface area contributed by atoms with E-state index in [0.717, 1.165) is 21.8 Å². The van der Waals surface area contributed by atoms with Crippen molar-refractivity contribution in [2.24, 2.45) is 5.14 Å². The Morgan fingerprint density at radius 2 is 1.92 bits per heavy atom. The lowest BCUT2D eigenvalue weighted by atomic mass is 10.1. The molecule has 0 saturated heterocycles. The van der Waals surface area contributed by atoms with E-state index in [2.05, 4.69) is 0 Å². The molecule has 0 saturated carbocycles. The van der Waals surface area contributed by atoms with Crippen LogP contribution in [0.1, 0.15) is 11.1 Å². The molecule has 12 heavy (non-hydrogen) atoms. The summed E-state index contributed by atoms with van der Waals surface area (Å²) in [4.78, 5) is 1.10. The third kappa shape index (κ3) is 1.73. The summed E-state index contributed by atoms with van der Waals surface area (Å²) >= 11 is 1.27. The van der Waals surface area contributed by atoms with Crippen LogP contribution in [0.2, 0.25) is 0 Å². The van der Waals surface area contributed by atoms with Crippen LogP contribution in [0.15, 0.2) is 17.0 Å². The van der Waals surface area contributed by atoms with Gasteiger partial charge < -0.3 is 4.74 Å². The van der Waals surface area contributed by atoms with E-state index >= 15 is 0 Å². The number of ether oxygens (including phenoxy) is 1. The van der Waals surface area contributed by atoms with Gasteiger partial charge in [-0.15, -0.1) is 0 Å². The molecular formula is C9H13NOS. The highest BCUT2D eigenvalue weighted by molar-refractivity contribution is 7.97. The van der Waals surface area contributed by atoms with Crippen LogP contribution in [-0.2, 0) is 0 Å². The third-order valence-electron chi connectivity index (χ3n) is 1.82. The van der Waals surface area contributed by atoms with Crippen molar-refractivity contribution in [2.45, 2.75) is 18.7 Å². The summed E-state index contributed by atoms with van der Waals surface area (Å²) in [7, 11) is 1.68. The summed E-state index contributed by atoms with van der Waals surface area (Å²) in [6.07, 6.45) is 0. The van der Waals surface area contributed by atoms with Gasteiger partial charge in [-0.05, 0) is 49.1 Å². The summed E-state index contributed by atoms with van der Waals surface area (Å²) in [5.41, 5.74) is 2.28. The van der Waals surface area contributed by atoms with E-state index in [1.165, 1.54) is 11.9 Å². The van der Waals surface area contributed by atoms with Crippen LogP contribution in [0.3, 0.4) is 0 Å². The number of benzene rings is 1. The molecule has 0 amide bonds. The average Bonchev–Trinajstić information content (AvgIpc) is 2.08. The summed E-state index contributed by atoms with van der Waals surface area (Å²) in [5.74, 6) is 0.922. The molecule has 0 unspecified atom stereocenters. The van der Waals surface area contributed by atoms with Crippen LogP contribution in [-0.4, -0.2) is 7.11 Å². The van der Waals surface area contributed by atoms with Gasteiger partial charge in [0.2, 0.25) is 0 Å². The van der Waals surface area contributed by atoms with Gasteiger partial charge in [0, 0.05) is 4.90 Å². The fourth-order valence-corrected chi connectivity index (χ4v) is 1.60. The van der Waals surface area contributed by atoms with E-state index in [-0.39, 0.29) is 0 Å². The number of rotatable bonds is 2. The molecule has 1 rings (SSSR count). The average molecular weight is 183 g/mol. The maximum absolute atomic E-state index is 5.49. The van der Waals surface area contributed by atoms with Gasteiger partial charge in [-0.2, -0.15) is 0 Å². The molecule has 2 N–H and O–H groups in total. The first-order valence-electron chi connectivity index (χ1n) is 3.71. The van der Waals surface area contributed by atoms with Crippen LogP contribution in [0.4, 0.5) is 0 Å². The fourth-order valence-electron chi connectivity index (χ4n) is 1.11. The lowest BCUT2D eigenvalue weighted by molar-refractivity contribution is 0.411. The Bertz CT molecular complexity index is 256. The normalized spacial score (nSPS) is 10.0. The van der Waals surface area contributed by atoms with Crippen molar-refractivity contribution in [2.75, 3.05) is 7.11 Å². The van der Waals surface area contributed by atoms with E-state index in [4.69, 9.17) is 9.88 Å². The Morgan fingerprint density at radius 1 is 1.25 bits per heavy atom. The number of methoxy groups -OCH3 is 1. The van der Waals surface area contributed by atoms with Crippen molar-refractivity contribution in [3.05, 3.63) is 23.3 Å². The van der Waals surface area contributed by atoms with Gasteiger partial charge in [0.25, 0.3) is 0 Å². The van der Waals surface area contributed by atoms with Gasteiger partial charge in [-0.1, -0.05) is 0 Å². The molecular weight excluding hydrogens is 170 g/mol. The molecule has 1 aromatic carbocycles. The monoisotopic (exact) mass is 183 g/mol. The lowest BCUT2D eigenvalue weighted by Crippen LogP contribution is -1.91. The fraction of sp³-hybridized carbons (Fsp3) is 0.333. The molecule has 0 radical (unpaired) electrons. The number of hydrogen-bond acceptors (Lipinski definition) is 3. The molecule has 2 nitrogen and oxygen atoms in total. The van der Waals surface area contributed by atoms with Crippen LogP contribution in [0, 0.1) is 13.8 Å². The SMILES string of the molecule is COc1cc(C)c(SN)cc1C. The van der Waals surface area contributed by atoms with Crippen LogP contribution >= 0.6 is 11.9 Å². The van der Waals surface area contributed by atoms with E-state index in [1.54, 1.807) is 7.11 Å². The van der Waals surface area contributed by atoms with Gasteiger partial charge >= 0.3 is 0 Å². The molecule has 0 fully saturated rings. The van der Waals surface area contributed by atoms with E-state index in [1.807, 2.05) is 26.0 Å². The highest BCUT2D eigenvalue weighted by Crippen LogP contribution is 2.26. The molecule has 0 aliphatic rings. The molecule has 0 aliphatic heterocycles. The Balaban J connectivity index is 3.16. The van der Waals surface area contributed by atoms with E-state index in [0.29, 0.717) is 0 Å². The minimum atomic E-state index is 0.922. The van der Waals surface area contributed by atoms with Crippen LogP contribution < -0.4 is 9.88 Å². The smallest absolute Gasteiger partial charge is 0.122 e. The summed E-state index contributed by atoms with van der Waals surface area (Å²) in [6, 6.07) is 4.04. The van der Waals surface area contributed by atoms with Crippen molar-refractivity contribution in [3.63, 3.8) is 0 Å². The molecule has 0 aliphatic carbocycles. The van der Waals surface area contributed by atoms with Crippen molar-refractivity contribution < 1.29 is 4.74 Å². The van der Waals surface area contributed by atoms with Crippen LogP contribution in [0.25, 0.3) is 0 Å². The lowest BCUT2D eigenvalue weighted by Gasteiger charge is -2.08. The second-order valence-corrected chi connectivity index (χ2v) is 3.38. The zero-order chi connectivity index (χ0) is 9.14.